The van der Waals surface area contributed by atoms with Gasteiger partial charge in [0, 0.05) is 18.5 Å². The number of hydrogen-bond acceptors (Lipinski definition) is 5. The quantitative estimate of drug-likeness (QED) is 0.850. The number of sulfonamides is 1. The molecule has 2 atom stereocenters. The van der Waals surface area contributed by atoms with E-state index >= 15 is 0 Å². The number of rotatable bonds is 5. The predicted molar refractivity (Wildman–Crippen MR) is 85.8 cm³/mol. The highest BCUT2D eigenvalue weighted by molar-refractivity contribution is 7.91. The molecule has 1 saturated heterocycles. The van der Waals surface area contributed by atoms with Crippen LogP contribution >= 0.6 is 11.3 Å². The van der Waals surface area contributed by atoms with E-state index < -0.39 is 34.0 Å². The second kappa shape index (κ2) is 6.58. The Labute approximate surface area is 139 Å². The molecule has 9 heteroatoms. The van der Waals surface area contributed by atoms with Crippen LogP contribution in [0.4, 0.5) is 0 Å². The first-order valence-electron chi connectivity index (χ1n) is 7.24. The zero-order valence-corrected chi connectivity index (χ0v) is 14.9. The SMILES string of the molecule is Cc1ccc(S(=O)(=O)N2CCCC2C(=O)N(C)C(C)C(=O)O)s1. The molecule has 1 aromatic rings. The second-order valence-electron chi connectivity index (χ2n) is 5.60. The normalized spacial score (nSPS) is 20.4. The number of carbonyl (C=O) groups is 2. The number of nitrogens with zero attached hydrogens (tertiary/aromatic N) is 2. The molecule has 7 nitrogen and oxygen atoms in total. The Morgan fingerprint density at radius 3 is 2.61 bits per heavy atom. The number of amides is 1. The minimum atomic E-state index is -3.73. The minimum Gasteiger partial charge on any atom is -0.480 e. The number of thiophene rings is 1. The van der Waals surface area contributed by atoms with Crippen LogP contribution in [0, 0.1) is 6.92 Å². The van der Waals surface area contributed by atoms with Crippen LogP contribution in [0.25, 0.3) is 0 Å². The number of carboxylic acids is 1. The van der Waals surface area contributed by atoms with E-state index in [2.05, 4.69) is 0 Å². The molecule has 1 N–H and O–H groups in total. The summed E-state index contributed by atoms with van der Waals surface area (Å²) in [6.45, 7) is 3.49. The molecular weight excluding hydrogens is 340 g/mol. The van der Waals surface area contributed by atoms with Gasteiger partial charge in [-0.1, -0.05) is 0 Å². The van der Waals surface area contributed by atoms with Crippen LogP contribution in [0.2, 0.25) is 0 Å². The molecule has 1 aromatic heterocycles. The fraction of sp³-hybridized carbons (Fsp3) is 0.571. The highest BCUT2D eigenvalue weighted by Gasteiger charge is 2.42. The lowest BCUT2D eigenvalue weighted by molar-refractivity contribution is -0.149. The van der Waals surface area contributed by atoms with E-state index in [9.17, 15) is 18.0 Å². The maximum Gasteiger partial charge on any atom is 0.326 e. The lowest BCUT2D eigenvalue weighted by Crippen LogP contribution is -2.50. The van der Waals surface area contributed by atoms with Crippen molar-refractivity contribution in [1.29, 1.82) is 0 Å². The van der Waals surface area contributed by atoms with Gasteiger partial charge in [0.2, 0.25) is 5.91 Å². The smallest absolute Gasteiger partial charge is 0.326 e. The molecule has 128 valence electrons. The average Bonchev–Trinajstić information content (AvgIpc) is 3.13. The maximum absolute atomic E-state index is 12.7. The Kier molecular flexibility index (Phi) is 5.12. The van der Waals surface area contributed by atoms with Crippen molar-refractivity contribution in [3.05, 3.63) is 17.0 Å². The van der Waals surface area contributed by atoms with Gasteiger partial charge in [0.1, 0.15) is 16.3 Å². The summed E-state index contributed by atoms with van der Waals surface area (Å²) >= 11 is 1.17. The molecule has 1 aliphatic heterocycles. The monoisotopic (exact) mass is 360 g/mol. The fourth-order valence-corrected chi connectivity index (χ4v) is 5.60. The Balaban J connectivity index is 2.26. The van der Waals surface area contributed by atoms with Crippen LogP contribution < -0.4 is 0 Å². The molecule has 0 aliphatic carbocycles. The summed E-state index contributed by atoms with van der Waals surface area (Å²) in [5.41, 5.74) is 0. The molecule has 23 heavy (non-hydrogen) atoms. The van der Waals surface area contributed by atoms with Gasteiger partial charge >= 0.3 is 5.97 Å². The van der Waals surface area contributed by atoms with Crippen LogP contribution in [-0.2, 0) is 19.6 Å². The minimum absolute atomic E-state index is 0.212. The zero-order chi connectivity index (χ0) is 17.4. The van der Waals surface area contributed by atoms with E-state index in [-0.39, 0.29) is 10.8 Å². The van der Waals surface area contributed by atoms with E-state index in [0.717, 1.165) is 9.78 Å². The number of aliphatic carboxylic acids is 1. The molecule has 1 fully saturated rings. The third kappa shape index (κ3) is 3.41. The highest BCUT2D eigenvalue weighted by Crippen LogP contribution is 2.30. The van der Waals surface area contributed by atoms with Gasteiger partial charge in [-0.15, -0.1) is 11.3 Å². The summed E-state index contributed by atoms with van der Waals surface area (Å²) in [4.78, 5) is 25.6. The average molecular weight is 360 g/mol. The van der Waals surface area contributed by atoms with Crippen molar-refractivity contribution in [3.63, 3.8) is 0 Å². The molecule has 2 rings (SSSR count). The maximum atomic E-state index is 12.7. The second-order valence-corrected chi connectivity index (χ2v) is 9.01. The van der Waals surface area contributed by atoms with Gasteiger partial charge in [-0.25, -0.2) is 13.2 Å². The third-order valence-corrected chi connectivity index (χ3v) is 7.43. The topological polar surface area (TPSA) is 95.0 Å². The lowest BCUT2D eigenvalue weighted by atomic mass is 10.2. The van der Waals surface area contributed by atoms with Crippen molar-refractivity contribution >= 4 is 33.2 Å². The van der Waals surface area contributed by atoms with Gasteiger partial charge < -0.3 is 10.0 Å². The van der Waals surface area contributed by atoms with E-state index in [1.165, 1.54) is 29.6 Å². The van der Waals surface area contributed by atoms with Crippen LogP contribution in [0.15, 0.2) is 16.3 Å². The number of hydrogen-bond donors (Lipinski definition) is 1. The largest absolute Gasteiger partial charge is 0.480 e. The first-order chi connectivity index (χ1) is 10.7. The first-order valence-corrected chi connectivity index (χ1v) is 9.49. The van der Waals surface area contributed by atoms with Gasteiger partial charge in [0.25, 0.3) is 10.0 Å². The Bertz CT molecular complexity index is 713. The molecule has 0 saturated carbocycles. The van der Waals surface area contributed by atoms with Crippen molar-refractivity contribution in [2.75, 3.05) is 13.6 Å². The molecule has 2 heterocycles. The predicted octanol–water partition coefficient (Wildman–Crippen LogP) is 1.14. The Hall–Kier alpha value is -1.45. The van der Waals surface area contributed by atoms with Gasteiger partial charge in [0.15, 0.2) is 0 Å². The van der Waals surface area contributed by atoms with Crippen LogP contribution in [0.1, 0.15) is 24.6 Å². The summed E-state index contributed by atoms with van der Waals surface area (Å²) < 4.78 is 26.9. The van der Waals surface area contributed by atoms with Crippen molar-refractivity contribution in [2.24, 2.45) is 0 Å². The van der Waals surface area contributed by atoms with Gasteiger partial charge in [-0.3, -0.25) is 4.79 Å². The van der Waals surface area contributed by atoms with Gasteiger partial charge in [0.05, 0.1) is 0 Å². The molecule has 2 unspecified atom stereocenters. The van der Waals surface area contributed by atoms with Crippen LogP contribution in [0.3, 0.4) is 0 Å². The van der Waals surface area contributed by atoms with Crippen molar-refractivity contribution in [2.45, 2.75) is 43.0 Å². The molecule has 1 aliphatic rings. The van der Waals surface area contributed by atoms with Crippen molar-refractivity contribution in [1.82, 2.24) is 9.21 Å². The third-order valence-electron chi connectivity index (χ3n) is 4.05. The van der Waals surface area contributed by atoms with E-state index in [0.29, 0.717) is 12.8 Å². The summed E-state index contributed by atoms with van der Waals surface area (Å²) in [7, 11) is -2.35. The zero-order valence-electron chi connectivity index (χ0n) is 13.2. The van der Waals surface area contributed by atoms with Crippen molar-refractivity contribution < 1.29 is 23.1 Å². The highest BCUT2D eigenvalue weighted by atomic mass is 32.2. The molecule has 0 bridgehead atoms. The molecular formula is C14H20N2O5S2. The van der Waals surface area contributed by atoms with Gasteiger partial charge in [-0.2, -0.15) is 4.31 Å². The van der Waals surface area contributed by atoms with Crippen molar-refractivity contribution in [3.8, 4) is 0 Å². The van der Waals surface area contributed by atoms with Crippen LogP contribution in [0.5, 0.6) is 0 Å². The van der Waals surface area contributed by atoms with E-state index in [4.69, 9.17) is 5.11 Å². The van der Waals surface area contributed by atoms with E-state index in [1.807, 2.05) is 6.92 Å². The fourth-order valence-electron chi connectivity index (χ4n) is 2.53. The molecule has 0 radical (unpaired) electrons. The number of carboxylic acid groups (broad SMARTS) is 1. The molecule has 0 aromatic carbocycles. The Morgan fingerprint density at radius 2 is 2.09 bits per heavy atom. The summed E-state index contributed by atoms with van der Waals surface area (Å²) in [5.74, 6) is -1.60. The summed E-state index contributed by atoms with van der Waals surface area (Å²) in [6, 6.07) is 1.42. The number of aryl methyl sites for hydroxylation is 1. The molecule has 1 amide bonds. The number of carbonyl (C=O) groups excluding carboxylic acids is 1. The van der Waals surface area contributed by atoms with E-state index in [1.54, 1.807) is 12.1 Å². The first kappa shape index (κ1) is 17.9. The summed E-state index contributed by atoms with van der Waals surface area (Å²) in [6.07, 6.45) is 0.981. The summed E-state index contributed by atoms with van der Waals surface area (Å²) in [5, 5.41) is 9.03. The molecule has 0 spiro atoms. The number of likely N-dealkylation sites (N-methyl/N-ethyl adjacent to an activating group) is 1. The lowest BCUT2D eigenvalue weighted by Gasteiger charge is -2.29. The van der Waals surface area contributed by atoms with Crippen LogP contribution in [-0.4, -0.2) is 60.3 Å². The van der Waals surface area contributed by atoms with Gasteiger partial charge in [-0.05, 0) is 38.8 Å². The standard InChI is InChI=1S/C14H20N2O5S2/c1-9-6-7-12(22-9)23(20,21)16-8-4-5-11(16)13(17)15(3)10(2)14(18)19/h6-7,10-11H,4-5,8H2,1-3H3,(H,18,19). The Morgan fingerprint density at radius 1 is 1.43 bits per heavy atom.